The van der Waals surface area contributed by atoms with E-state index >= 15 is 0 Å². The number of carbonyl (C=O) groups excluding carboxylic acids is 3. The van der Waals surface area contributed by atoms with Gasteiger partial charge in [0.2, 0.25) is 5.91 Å². The molecule has 1 aromatic heterocycles. The van der Waals surface area contributed by atoms with Crippen molar-refractivity contribution in [3.05, 3.63) is 71.0 Å². The Morgan fingerprint density at radius 2 is 1.53 bits per heavy atom. The molecule has 8 heteroatoms. The molecule has 0 unspecified atom stereocenters. The molecule has 0 aliphatic carbocycles. The summed E-state index contributed by atoms with van der Waals surface area (Å²) in [5.41, 5.74) is 5.44. The minimum absolute atomic E-state index is 0.153. The van der Waals surface area contributed by atoms with E-state index in [-0.39, 0.29) is 17.8 Å². The topological polar surface area (TPSA) is 102 Å². The predicted molar refractivity (Wildman–Crippen MR) is 122 cm³/mol. The second-order valence-corrected chi connectivity index (χ2v) is 7.40. The van der Waals surface area contributed by atoms with Crippen LogP contribution >= 0.6 is 0 Å². The van der Waals surface area contributed by atoms with Gasteiger partial charge in [0.05, 0.1) is 18.5 Å². The molecule has 0 radical (unpaired) electrons. The monoisotopic (exact) mass is 434 g/mol. The summed E-state index contributed by atoms with van der Waals surface area (Å²) in [4.78, 5) is 35.2. The van der Waals surface area contributed by atoms with Crippen LogP contribution < -0.4 is 10.6 Å². The number of rotatable bonds is 7. The van der Waals surface area contributed by atoms with E-state index in [1.54, 1.807) is 36.4 Å². The molecule has 2 N–H and O–H groups in total. The molecule has 0 atom stereocenters. The smallest absolute Gasteiger partial charge is 0.305 e. The van der Waals surface area contributed by atoms with E-state index in [2.05, 4.69) is 15.7 Å². The molecule has 0 saturated heterocycles. The molecular weight excluding hydrogens is 408 g/mol. The average Bonchev–Trinajstić information content (AvgIpc) is 3.06. The zero-order valence-electron chi connectivity index (χ0n) is 18.6. The molecule has 0 bridgehead atoms. The molecule has 32 heavy (non-hydrogen) atoms. The number of methoxy groups -OCH3 is 1. The molecule has 2 aromatic carbocycles. The molecule has 0 aliphatic heterocycles. The fourth-order valence-electron chi connectivity index (χ4n) is 3.41. The Balaban J connectivity index is 1.70. The second-order valence-electron chi connectivity index (χ2n) is 7.40. The Labute approximate surface area is 186 Å². The lowest BCUT2D eigenvalue weighted by Crippen LogP contribution is -2.12. The summed E-state index contributed by atoms with van der Waals surface area (Å²) in [6, 6.07) is 14.0. The van der Waals surface area contributed by atoms with Gasteiger partial charge in [-0.3, -0.25) is 14.4 Å². The van der Waals surface area contributed by atoms with E-state index in [0.29, 0.717) is 29.8 Å². The molecule has 2 amide bonds. The van der Waals surface area contributed by atoms with Crippen molar-refractivity contribution in [2.75, 3.05) is 17.7 Å². The molecule has 8 nitrogen and oxygen atoms in total. The van der Waals surface area contributed by atoms with Crippen LogP contribution in [0.25, 0.3) is 5.69 Å². The van der Waals surface area contributed by atoms with E-state index in [0.717, 1.165) is 22.6 Å². The molecule has 0 aliphatic rings. The van der Waals surface area contributed by atoms with Gasteiger partial charge in [0, 0.05) is 36.0 Å². The molecule has 3 aromatic rings. The van der Waals surface area contributed by atoms with Crippen molar-refractivity contribution in [3.8, 4) is 5.69 Å². The van der Waals surface area contributed by atoms with Crippen LogP contribution in [0, 0.1) is 13.8 Å². The van der Waals surface area contributed by atoms with Gasteiger partial charge in [0.1, 0.15) is 0 Å². The van der Waals surface area contributed by atoms with Gasteiger partial charge in [-0.15, -0.1) is 0 Å². The summed E-state index contributed by atoms with van der Waals surface area (Å²) < 4.78 is 6.53. The summed E-state index contributed by atoms with van der Waals surface area (Å²) in [6.45, 7) is 5.31. The Morgan fingerprint density at radius 3 is 2.09 bits per heavy atom. The van der Waals surface area contributed by atoms with Crippen molar-refractivity contribution in [2.45, 2.75) is 33.6 Å². The molecule has 0 fully saturated rings. The minimum Gasteiger partial charge on any atom is -0.469 e. The lowest BCUT2D eigenvalue weighted by molar-refractivity contribution is -0.140. The lowest BCUT2D eigenvalue weighted by atomic mass is 10.1. The molecular formula is C24H26N4O4. The lowest BCUT2D eigenvalue weighted by Gasteiger charge is -2.09. The zero-order valence-corrected chi connectivity index (χ0v) is 18.6. The van der Waals surface area contributed by atoms with Crippen LogP contribution in [-0.2, 0) is 20.7 Å². The summed E-state index contributed by atoms with van der Waals surface area (Å²) >= 11 is 0. The highest BCUT2D eigenvalue weighted by Gasteiger charge is 2.15. The Bertz CT molecular complexity index is 1130. The van der Waals surface area contributed by atoms with E-state index in [1.165, 1.54) is 14.0 Å². The van der Waals surface area contributed by atoms with Gasteiger partial charge >= 0.3 is 5.97 Å². The minimum atomic E-state index is -0.253. The Morgan fingerprint density at radius 1 is 0.938 bits per heavy atom. The quantitative estimate of drug-likeness (QED) is 0.551. The van der Waals surface area contributed by atoms with Crippen LogP contribution in [0.5, 0.6) is 0 Å². The van der Waals surface area contributed by atoms with E-state index in [1.807, 2.05) is 30.7 Å². The van der Waals surface area contributed by atoms with Gasteiger partial charge in [0.15, 0.2) is 0 Å². The maximum Gasteiger partial charge on any atom is 0.305 e. The number of nitrogens with zero attached hydrogens (tertiary/aromatic N) is 2. The number of carbonyl (C=O) groups is 3. The van der Waals surface area contributed by atoms with Crippen molar-refractivity contribution in [1.29, 1.82) is 0 Å². The first kappa shape index (κ1) is 22.7. The number of aryl methyl sites for hydroxylation is 1. The summed E-state index contributed by atoms with van der Waals surface area (Å²) in [7, 11) is 1.38. The number of esters is 1. The van der Waals surface area contributed by atoms with Crippen LogP contribution in [0.1, 0.15) is 40.7 Å². The first-order chi connectivity index (χ1) is 15.3. The molecule has 166 valence electrons. The molecule has 1 heterocycles. The van der Waals surface area contributed by atoms with Gasteiger partial charge in [-0.05, 0) is 74.4 Å². The second kappa shape index (κ2) is 9.91. The maximum atomic E-state index is 12.6. The number of hydrogen-bond acceptors (Lipinski definition) is 5. The van der Waals surface area contributed by atoms with Crippen molar-refractivity contribution in [2.24, 2.45) is 0 Å². The number of benzene rings is 2. The van der Waals surface area contributed by atoms with Gasteiger partial charge in [-0.25, -0.2) is 4.68 Å². The number of ether oxygens (including phenoxy) is 1. The highest BCUT2D eigenvalue weighted by Crippen LogP contribution is 2.21. The van der Waals surface area contributed by atoms with E-state index in [4.69, 9.17) is 4.74 Å². The highest BCUT2D eigenvalue weighted by molar-refractivity contribution is 6.04. The molecule has 0 saturated carbocycles. The SMILES string of the molecule is COC(=O)CCc1c(C)nn(-c2ccc(C(=O)Nc3ccc(NC(C)=O)cc3)cc2)c1C. The van der Waals surface area contributed by atoms with Crippen LogP contribution in [-0.4, -0.2) is 34.7 Å². The van der Waals surface area contributed by atoms with Gasteiger partial charge < -0.3 is 15.4 Å². The number of amides is 2. The maximum absolute atomic E-state index is 12.6. The van der Waals surface area contributed by atoms with E-state index in [9.17, 15) is 14.4 Å². The zero-order chi connectivity index (χ0) is 23.3. The van der Waals surface area contributed by atoms with Crippen molar-refractivity contribution in [3.63, 3.8) is 0 Å². The Kier molecular flexibility index (Phi) is 7.04. The molecule has 3 rings (SSSR count). The number of hydrogen-bond donors (Lipinski definition) is 2. The van der Waals surface area contributed by atoms with Crippen LogP contribution in [0.3, 0.4) is 0 Å². The third kappa shape index (κ3) is 5.40. The first-order valence-electron chi connectivity index (χ1n) is 10.2. The fourth-order valence-corrected chi connectivity index (χ4v) is 3.41. The summed E-state index contributed by atoms with van der Waals surface area (Å²) in [6.07, 6.45) is 0.861. The van der Waals surface area contributed by atoms with Gasteiger partial charge in [0.25, 0.3) is 5.91 Å². The normalized spacial score (nSPS) is 10.5. The average molecular weight is 434 g/mol. The molecule has 0 spiro atoms. The summed E-state index contributed by atoms with van der Waals surface area (Å²) in [5.74, 6) is -0.646. The van der Waals surface area contributed by atoms with E-state index < -0.39 is 0 Å². The van der Waals surface area contributed by atoms with Crippen molar-refractivity contribution < 1.29 is 19.1 Å². The number of nitrogens with one attached hydrogen (secondary N) is 2. The Hall–Kier alpha value is -3.94. The first-order valence-corrected chi connectivity index (χ1v) is 10.2. The summed E-state index contributed by atoms with van der Waals surface area (Å²) in [5, 5.41) is 10.1. The third-order valence-corrected chi connectivity index (χ3v) is 5.09. The highest BCUT2D eigenvalue weighted by atomic mass is 16.5. The predicted octanol–water partition coefficient (Wildman–Crippen LogP) is 3.81. The van der Waals surface area contributed by atoms with Crippen LogP contribution in [0.2, 0.25) is 0 Å². The standard InChI is InChI=1S/C24H26N4O4/c1-15-22(13-14-23(30)32-4)16(2)28(27-15)21-11-5-18(6-12-21)24(31)26-20-9-7-19(8-10-20)25-17(3)29/h5-12H,13-14H2,1-4H3,(H,25,29)(H,26,31). The van der Waals surface area contributed by atoms with Gasteiger partial charge in [-0.2, -0.15) is 5.10 Å². The van der Waals surface area contributed by atoms with Gasteiger partial charge in [-0.1, -0.05) is 0 Å². The van der Waals surface area contributed by atoms with Crippen molar-refractivity contribution >= 4 is 29.2 Å². The van der Waals surface area contributed by atoms with Crippen molar-refractivity contribution in [1.82, 2.24) is 9.78 Å². The van der Waals surface area contributed by atoms with Crippen LogP contribution in [0.15, 0.2) is 48.5 Å². The number of anilines is 2. The third-order valence-electron chi connectivity index (χ3n) is 5.09. The number of aromatic nitrogens is 2. The fraction of sp³-hybridized carbons (Fsp3) is 0.250. The largest absolute Gasteiger partial charge is 0.469 e. The van der Waals surface area contributed by atoms with Crippen LogP contribution in [0.4, 0.5) is 11.4 Å².